The number of hydrogen-bond acceptors (Lipinski definition) is 5. The number of carboxylic acids is 1. The summed E-state index contributed by atoms with van der Waals surface area (Å²) in [6, 6.07) is 0.804. The normalized spacial score (nSPS) is 24.9. The molecule has 1 amide bonds. The van der Waals surface area contributed by atoms with Gasteiger partial charge in [0.2, 0.25) is 0 Å². The number of aliphatic carboxylic acids is 1. The van der Waals surface area contributed by atoms with Crippen LogP contribution in [-0.2, 0) is 4.79 Å². The summed E-state index contributed by atoms with van der Waals surface area (Å²) in [5, 5.41) is 9.33. The van der Waals surface area contributed by atoms with Gasteiger partial charge in [0, 0.05) is 11.9 Å². The summed E-state index contributed by atoms with van der Waals surface area (Å²) in [7, 11) is 1.47. The Kier molecular flexibility index (Phi) is 3.75. The minimum Gasteiger partial charge on any atom is -0.494 e. The number of carboxylic acid groups (broad SMARTS) is 1. The zero-order valence-electron chi connectivity index (χ0n) is 11.6. The van der Waals surface area contributed by atoms with E-state index in [9.17, 15) is 14.7 Å². The summed E-state index contributed by atoms with van der Waals surface area (Å²) in [5.74, 6) is -0.0138. The Bertz CT molecular complexity index is 576. The van der Waals surface area contributed by atoms with E-state index in [-0.39, 0.29) is 11.3 Å². The number of carbonyl (C=O) groups excluding carboxylic acids is 1. The monoisotopic (exact) mass is 308 g/mol. The van der Waals surface area contributed by atoms with Crippen LogP contribution in [0.5, 0.6) is 5.75 Å². The fraction of sp³-hybridized carbons (Fsp3) is 0.500. The second kappa shape index (κ2) is 5.55. The highest BCUT2D eigenvalue weighted by Gasteiger charge is 2.48. The maximum atomic E-state index is 12.8. The first-order valence-electron chi connectivity index (χ1n) is 6.78. The number of amides is 1. The highest BCUT2D eigenvalue weighted by atomic mass is 32.2. The number of nitrogens with zero attached hydrogens (tertiary/aromatic N) is 2. The smallest absolute Gasteiger partial charge is 0.327 e. The number of pyridine rings is 1. The first kappa shape index (κ1) is 14.2. The molecule has 1 saturated heterocycles. The van der Waals surface area contributed by atoms with Gasteiger partial charge in [-0.05, 0) is 24.8 Å². The van der Waals surface area contributed by atoms with Gasteiger partial charge in [-0.3, -0.25) is 9.78 Å². The van der Waals surface area contributed by atoms with Gasteiger partial charge in [-0.2, -0.15) is 0 Å². The van der Waals surface area contributed by atoms with Crippen molar-refractivity contribution in [2.45, 2.75) is 24.3 Å². The number of aromatic nitrogens is 1. The Hall–Kier alpha value is -1.76. The van der Waals surface area contributed by atoms with Crippen LogP contribution in [0, 0.1) is 5.92 Å². The van der Waals surface area contributed by atoms with Crippen molar-refractivity contribution in [3.8, 4) is 5.75 Å². The molecule has 21 heavy (non-hydrogen) atoms. The molecule has 2 unspecified atom stereocenters. The predicted molar refractivity (Wildman–Crippen MR) is 77.4 cm³/mol. The predicted octanol–water partition coefficient (Wildman–Crippen LogP) is 1.47. The van der Waals surface area contributed by atoms with Crippen molar-refractivity contribution in [2.75, 3.05) is 12.9 Å². The number of ether oxygens (including phenoxy) is 1. The molecule has 2 heterocycles. The third-order valence-electron chi connectivity index (χ3n) is 3.81. The highest BCUT2D eigenvalue weighted by molar-refractivity contribution is 8.00. The second-order valence-electron chi connectivity index (χ2n) is 5.20. The van der Waals surface area contributed by atoms with Crippen LogP contribution in [0.15, 0.2) is 18.5 Å². The first-order valence-corrected chi connectivity index (χ1v) is 7.83. The standard InChI is InChI=1S/C14H16N2O4S/c1-20-11-6-15-5-4-9(11)12(17)16-10(14(18)19)7-21-13(16)8-2-3-8/h4-6,8,10,13H,2-3,7H2,1H3,(H,18,19). The molecular weight excluding hydrogens is 292 g/mol. The molecule has 7 heteroatoms. The SMILES string of the molecule is COc1cnccc1C(=O)N1C(C(=O)O)CSC1C1CC1. The lowest BCUT2D eigenvalue weighted by atomic mass is 10.1. The van der Waals surface area contributed by atoms with Gasteiger partial charge < -0.3 is 14.7 Å². The van der Waals surface area contributed by atoms with Crippen LogP contribution in [0.25, 0.3) is 0 Å². The first-order chi connectivity index (χ1) is 10.1. The third-order valence-corrected chi connectivity index (χ3v) is 5.28. The van der Waals surface area contributed by atoms with E-state index in [1.54, 1.807) is 17.8 Å². The average molecular weight is 308 g/mol. The van der Waals surface area contributed by atoms with Crippen LogP contribution in [0.4, 0.5) is 0 Å². The molecule has 112 valence electrons. The number of rotatable bonds is 4. The van der Waals surface area contributed by atoms with E-state index in [0.29, 0.717) is 23.0 Å². The van der Waals surface area contributed by atoms with Gasteiger partial charge in [0.15, 0.2) is 0 Å². The number of methoxy groups -OCH3 is 1. The minimum atomic E-state index is -0.952. The molecule has 1 aliphatic carbocycles. The molecule has 2 aliphatic rings. The zero-order chi connectivity index (χ0) is 15.0. The molecule has 1 aliphatic heterocycles. The second-order valence-corrected chi connectivity index (χ2v) is 6.35. The number of hydrogen-bond donors (Lipinski definition) is 1. The third kappa shape index (κ3) is 2.57. The van der Waals surface area contributed by atoms with E-state index in [1.165, 1.54) is 24.4 Å². The van der Waals surface area contributed by atoms with E-state index in [1.807, 2.05) is 0 Å². The molecule has 0 radical (unpaired) electrons. The van der Waals surface area contributed by atoms with Crippen LogP contribution < -0.4 is 4.74 Å². The molecule has 1 aromatic rings. The highest BCUT2D eigenvalue weighted by Crippen LogP contribution is 2.46. The molecule has 2 atom stereocenters. The molecule has 1 saturated carbocycles. The van der Waals surface area contributed by atoms with Crippen LogP contribution >= 0.6 is 11.8 Å². The summed E-state index contributed by atoms with van der Waals surface area (Å²) in [4.78, 5) is 29.7. The van der Waals surface area contributed by atoms with Crippen LogP contribution in [0.1, 0.15) is 23.2 Å². The number of thioether (sulfide) groups is 1. The molecule has 0 spiro atoms. The van der Waals surface area contributed by atoms with Crippen molar-refractivity contribution in [1.29, 1.82) is 0 Å². The van der Waals surface area contributed by atoms with Gasteiger partial charge in [-0.25, -0.2) is 4.79 Å². The van der Waals surface area contributed by atoms with Crippen molar-refractivity contribution in [2.24, 2.45) is 5.92 Å². The van der Waals surface area contributed by atoms with Gasteiger partial charge in [-0.15, -0.1) is 11.8 Å². The average Bonchev–Trinajstić information content (AvgIpc) is 3.24. The molecule has 3 rings (SSSR count). The van der Waals surface area contributed by atoms with Crippen molar-refractivity contribution in [1.82, 2.24) is 9.88 Å². The largest absolute Gasteiger partial charge is 0.494 e. The van der Waals surface area contributed by atoms with Gasteiger partial charge in [-0.1, -0.05) is 0 Å². The lowest BCUT2D eigenvalue weighted by Crippen LogP contribution is -2.46. The van der Waals surface area contributed by atoms with E-state index < -0.39 is 12.0 Å². The summed E-state index contributed by atoms with van der Waals surface area (Å²) < 4.78 is 5.17. The molecule has 2 fully saturated rings. The van der Waals surface area contributed by atoms with Gasteiger partial charge in [0.25, 0.3) is 5.91 Å². The summed E-state index contributed by atoms with van der Waals surface area (Å²) in [6.07, 6.45) is 5.10. The maximum absolute atomic E-state index is 12.8. The van der Waals surface area contributed by atoms with E-state index in [0.717, 1.165) is 12.8 Å². The summed E-state index contributed by atoms with van der Waals surface area (Å²) in [6.45, 7) is 0. The molecule has 0 aromatic carbocycles. The minimum absolute atomic E-state index is 0.0449. The maximum Gasteiger partial charge on any atom is 0.327 e. The van der Waals surface area contributed by atoms with Gasteiger partial charge in [0.05, 0.1) is 24.2 Å². The Balaban J connectivity index is 1.94. The topological polar surface area (TPSA) is 79.7 Å². The fourth-order valence-electron chi connectivity index (χ4n) is 2.58. The fourth-order valence-corrected chi connectivity index (χ4v) is 4.21. The lowest BCUT2D eigenvalue weighted by molar-refractivity contribution is -0.141. The number of carbonyl (C=O) groups is 2. The Morgan fingerprint density at radius 1 is 1.48 bits per heavy atom. The van der Waals surface area contributed by atoms with Crippen molar-refractivity contribution in [3.05, 3.63) is 24.0 Å². The summed E-state index contributed by atoms with van der Waals surface area (Å²) in [5.41, 5.74) is 0.367. The Labute approximate surface area is 126 Å². The Morgan fingerprint density at radius 3 is 2.86 bits per heavy atom. The van der Waals surface area contributed by atoms with E-state index >= 15 is 0 Å². The molecule has 0 bridgehead atoms. The van der Waals surface area contributed by atoms with E-state index in [2.05, 4.69) is 4.98 Å². The van der Waals surface area contributed by atoms with Crippen LogP contribution in [0.2, 0.25) is 0 Å². The van der Waals surface area contributed by atoms with Crippen molar-refractivity contribution >= 4 is 23.6 Å². The zero-order valence-corrected chi connectivity index (χ0v) is 12.4. The van der Waals surface area contributed by atoms with Crippen molar-refractivity contribution in [3.63, 3.8) is 0 Å². The van der Waals surface area contributed by atoms with Crippen molar-refractivity contribution < 1.29 is 19.4 Å². The summed E-state index contributed by atoms with van der Waals surface area (Å²) >= 11 is 1.56. The Morgan fingerprint density at radius 2 is 2.24 bits per heavy atom. The molecular formula is C14H16N2O4S. The van der Waals surface area contributed by atoms with Crippen LogP contribution in [-0.4, -0.2) is 51.1 Å². The van der Waals surface area contributed by atoms with Crippen LogP contribution in [0.3, 0.4) is 0 Å². The molecule has 1 N–H and O–H groups in total. The molecule has 6 nitrogen and oxygen atoms in total. The van der Waals surface area contributed by atoms with Gasteiger partial charge in [0.1, 0.15) is 11.8 Å². The quantitative estimate of drug-likeness (QED) is 0.907. The van der Waals surface area contributed by atoms with Gasteiger partial charge >= 0.3 is 5.97 Å². The lowest BCUT2D eigenvalue weighted by Gasteiger charge is -2.27. The molecule has 1 aromatic heterocycles. The van der Waals surface area contributed by atoms with E-state index in [4.69, 9.17) is 4.74 Å².